The third kappa shape index (κ3) is 7.94. The first-order chi connectivity index (χ1) is 26.1. The Labute approximate surface area is 324 Å². The number of methoxy groups -OCH3 is 1. The van der Waals surface area contributed by atoms with Crippen LogP contribution in [0, 0.1) is 23.2 Å². The van der Waals surface area contributed by atoms with E-state index >= 15 is 0 Å². The quantitative estimate of drug-likeness (QED) is 0.158. The van der Waals surface area contributed by atoms with Crippen LogP contribution in [0.3, 0.4) is 0 Å². The number of anilines is 1. The third-order valence-corrected chi connectivity index (χ3v) is 11.9. The number of aliphatic carboxylic acids is 1. The molecule has 3 amide bonds. The van der Waals surface area contributed by atoms with Crippen LogP contribution in [0.5, 0.6) is 11.5 Å². The minimum absolute atomic E-state index is 0.00830. The van der Waals surface area contributed by atoms with Crippen LogP contribution in [-0.4, -0.2) is 93.4 Å². The molecule has 55 heavy (non-hydrogen) atoms. The summed E-state index contributed by atoms with van der Waals surface area (Å²) in [5.74, 6) is -0.456. The molecule has 0 spiro atoms. The smallest absolute Gasteiger partial charge is 0.408 e. The Hall–Kier alpha value is -4.92. The summed E-state index contributed by atoms with van der Waals surface area (Å²) in [6, 6.07) is 5.27. The van der Waals surface area contributed by atoms with Crippen molar-refractivity contribution in [2.45, 2.75) is 103 Å². The molecule has 3 aliphatic carbocycles. The first-order valence-corrected chi connectivity index (χ1v) is 19.8. The number of rotatable bonds is 13. The van der Waals surface area contributed by atoms with Crippen LogP contribution < -0.4 is 25.4 Å². The average Bonchev–Trinajstić information content (AvgIpc) is 3.79. The van der Waals surface area contributed by atoms with Crippen molar-refractivity contribution in [1.29, 1.82) is 0 Å². The van der Waals surface area contributed by atoms with Gasteiger partial charge in [0.05, 0.1) is 24.9 Å². The summed E-state index contributed by atoms with van der Waals surface area (Å²) in [4.78, 5) is 65.4. The minimum atomic E-state index is -1.51. The number of amides is 3. The summed E-state index contributed by atoms with van der Waals surface area (Å²) in [5.41, 5.74) is -0.476. The number of carboxylic acids is 1. The van der Waals surface area contributed by atoms with Crippen LogP contribution >= 0.6 is 11.3 Å². The number of hydrogen-bond donors (Lipinski definition) is 4. The van der Waals surface area contributed by atoms with Crippen molar-refractivity contribution < 1.29 is 38.5 Å². The van der Waals surface area contributed by atoms with Crippen molar-refractivity contribution in [2.75, 3.05) is 19.0 Å². The number of nitrogens with zero attached hydrogens (tertiary/aromatic N) is 3. The number of aromatic nitrogens is 2. The zero-order chi connectivity index (χ0) is 39.4. The van der Waals surface area contributed by atoms with E-state index in [0.717, 1.165) is 18.0 Å². The van der Waals surface area contributed by atoms with Crippen molar-refractivity contribution in [3.8, 4) is 22.9 Å². The van der Waals surface area contributed by atoms with Gasteiger partial charge in [-0.15, -0.1) is 17.9 Å². The summed E-state index contributed by atoms with van der Waals surface area (Å²) in [6.45, 7) is 13.3. The predicted molar refractivity (Wildman–Crippen MR) is 207 cm³/mol. The topological polar surface area (TPSA) is 181 Å². The summed E-state index contributed by atoms with van der Waals surface area (Å²) < 4.78 is 17.9. The molecule has 4 N–H and O–H groups in total. The monoisotopic (exact) mass is 774 g/mol. The summed E-state index contributed by atoms with van der Waals surface area (Å²) in [6.07, 6.45) is 3.05. The molecule has 294 valence electrons. The number of hydrogen-bond acceptors (Lipinski definition) is 11. The summed E-state index contributed by atoms with van der Waals surface area (Å²) in [5, 5.41) is 22.3. The van der Waals surface area contributed by atoms with E-state index in [2.05, 4.69) is 22.5 Å². The Morgan fingerprint density at radius 2 is 1.80 bits per heavy atom. The van der Waals surface area contributed by atoms with E-state index in [1.165, 1.54) is 28.7 Å². The Kier molecular flexibility index (Phi) is 10.2. The number of carbonyl (C=O) groups is 4. The van der Waals surface area contributed by atoms with Gasteiger partial charge in [0, 0.05) is 41.3 Å². The lowest BCUT2D eigenvalue weighted by Gasteiger charge is -2.35. The third-order valence-electron chi connectivity index (χ3n) is 11.2. The van der Waals surface area contributed by atoms with E-state index in [0.29, 0.717) is 45.6 Å². The highest BCUT2D eigenvalue weighted by Gasteiger charge is 2.61. The number of fused-ring (bicyclic) bond motifs is 2. The maximum atomic E-state index is 14.6. The van der Waals surface area contributed by atoms with Gasteiger partial charge in [-0.3, -0.25) is 9.59 Å². The number of carbonyl (C=O) groups excluding carboxylic acids is 3. The zero-order valence-electron chi connectivity index (χ0n) is 32.1. The second kappa shape index (κ2) is 14.6. The molecular formula is C40H50N6O8S. The molecule has 7 rings (SSSR count). The van der Waals surface area contributed by atoms with Gasteiger partial charge in [0.25, 0.3) is 0 Å². The minimum Gasteiger partial charge on any atom is -0.497 e. The summed E-state index contributed by atoms with van der Waals surface area (Å²) in [7, 11) is 1.58. The number of benzene rings is 1. The van der Waals surface area contributed by atoms with Crippen LogP contribution in [0.4, 0.5) is 9.93 Å². The van der Waals surface area contributed by atoms with Crippen molar-refractivity contribution in [3.05, 3.63) is 42.3 Å². The Bertz CT molecular complexity index is 2000. The van der Waals surface area contributed by atoms with Crippen LogP contribution in [-0.2, 0) is 19.1 Å². The molecule has 3 heterocycles. The number of alkyl carbamates (subject to hydrolysis) is 1. The molecule has 0 radical (unpaired) electrons. The van der Waals surface area contributed by atoms with Crippen LogP contribution in [0.1, 0.15) is 66.7 Å². The molecule has 1 aromatic carbocycles. The van der Waals surface area contributed by atoms with Gasteiger partial charge < -0.3 is 40.2 Å². The lowest BCUT2D eigenvalue weighted by molar-refractivity contribution is -0.146. The van der Waals surface area contributed by atoms with Gasteiger partial charge in [0.15, 0.2) is 5.13 Å². The van der Waals surface area contributed by atoms with E-state index < -0.39 is 58.9 Å². The number of carboxylic acid groups (broad SMARTS) is 1. The molecular weight excluding hydrogens is 725 g/mol. The molecule has 0 unspecified atom stereocenters. The largest absolute Gasteiger partial charge is 0.497 e. The highest BCUT2D eigenvalue weighted by molar-refractivity contribution is 7.14. The standard InChI is InChI=1S/C40H50N6O8S/c1-8-23-17-40(23,36(49)50)45-34(47)31-15-26(18-46(31)35(48)33(39(4,5)6)44-38(51)54-25-12-21-11-22(21)13-25)53-32-16-29(30-19-55-37(43-30)41-20(2)3)42-28-14-24(52-7)9-10-27(28)32/h8-10,14,16,19-23,25-26,31,33H,1,11-13,15,17-18H2,2-7H3,(H,41,43)(H,44,51)(H,45,47)(H,49,50)/t21-,22+,23-,25-,26-,31+,33-,40-/m1/s1. The number of pyridine rings is 1. The second-order valence-electron chi connectivity index (χ2n) is 16.7. The van der Waals surface area contributed by atoms with Crippen LogP contribution in [0.25, 0.3) is 22.3 Å². The molecule has 8 atom stereocenters. The molecule has 3 saturated carbocycles. The highest BCUT2D eigenvalue weighted by atomic mass is 32.1. The van der Waals surface area contributed by atoms with E-state index in [1.54, 1.807) is 25.3 Å². The van der Waals surface area contributed by atoms with E-state index in [-0.39, 0.29) is 31.5 Å². The number of ether oxygens (including phenoxy) is 3. The highest BCUT2D eigenvalue weighted by Crippen LogP contribution is 2.52. The lowest BCUT2D eigenvalue weighted by atomic mass is 9.85. The molecule has 0 bridgehead atoms. The fourth-order valence-electron chi connectivity index (χ4n) is 7.98. The van der Waals surface area contributed by atoms with E-state index in [4.69, 9.17) is 24.2 Å². The molecule has 15 heteroatoms. The first kappa shape index (κ1) is 38.4. The van der Waals surface area contributed by atoms with Gasteiger partial charge in [-0.2, -0.15) is 0 Å². The molecule has 4 aliphatic rings. The van der Waals surface area contributed by atoms with Crippen LogP contribution in [0.15, 0.2) is 42.3 Å². The fourth-order valence-corrected chi connectivity index (χ4v) is 8.83. The van der Waals surface area contributed by atoms with E-state index in [9.17, 15) is 24.3 Å². The molecule has 4 fully saturated rings. The zero-order valence-corrected chi connectivity index (χ0v) is 32.9. The SMILES string of the molecule is C=C[C@@H]1C[C@]1(NC(=O)[C@@H]1C[C@@H](Oc2cc(-c3csc(NC(C)C)n3)nc3cc(OC)ccc23)CN1C(=O)[C@@H](NC(=O)O[C@H]1C[C@@H]2C[C@@H]2C1)C(C)(C)C)C(=O)O. The molecule has 2 aromatic heterocycles. The first-order valence-electron chi connectivity index (χ1n) is 18.9. The van der Waals surface area contributed by atoms with Crippen molar-refractivity contribution in [2.24, 2.45) is 23.2 Å². The second-order valence-corrected chi connectivity index (χ2v) is 17.6. The van der Waals surface area contributed by atoms with Crippen molar-refractivity contribution >= 4 is 51.2 Å². The van der Waals surface area contributed by atoms with Crippen LogP contribution in [0.2, 0.25) is 0 Å². The Morgan fingerprint density at radius 1 is 1.05 bits per heavy atom. The van der Waals surface area contributed by atoms with Gasteiger partial charge >= 0.3 is 12.1 Å². The van der Waals surface area contributed by atoms with Gasteiger partial charge in [-0.05, 0) is 68.9 Å². The molecule has 14 nitrogen and oxygen atoms in total. The van der Waals surface area contributed by atoms with Crippen molar-refractivity contribution in [1.82, 2.24) is 25.5 Å². The average molecular weight is 775 g/mol. The fraction of sp³-hybridized carbons (Fsp3) is 0.550. The molecule has 1 saturated heterocycles. The number of nitrogens with one attached hydrogen (secondary N) is 3. The normalized spacial score (nSPS) is 27.2. The van der Waals surface area contributed by atoms with Crippen molar-refractivity contribution in [3.63, 3.8) is 0 Å². The van der Waals surface area contributed by atoms with Gasteiger partial charge in [-0.25, -0.2) is 19.6 Å². The Balaban J connectivity index is 1.19. The molecule has 3 aromatic rings. The predicted octanol–water partition coefficient (Wildman–Crippen LogP) is 5.62. The lowest BCUT2D eigenvalue weighted by Crippen LogP contribution is -2.59. The number of likely N-dealkylation sites (tertiary alicyclic amines) is 1. The van der Waals surface area contributed by atoms with Gasteiger partial charge in [-0.1, -0.05) is 26.8 Å². The molecule has 1 aliphatic heterocycles. The van der Waals surface area contributed by atoms with Gasteiger partial charge in [0.2, 0.25) is 11.8 Å². The Morgan fingerprint density at radius 3 is 2.44 bits per heavy atom. The maximum absolute atomic E-state index is 14.6. The van der Waals surface area contributed by atoms with Gasteiger partial charge in [0.1, 0.15) is 47.0 Å². The van der Waals surface area contributed by atoms with E-state index in [1.807, 2.05) is 46.1 Å². The maximum Gasteiger partial charge on any atom is 0.408 e. The number of thiazole rings is 1. The summed E-state index contributed by atoms with van der Waals surface area (Å²) >= 11 is 1.46.